The molecule has 1 aromatic carbocycles. The average Bonchev–Trinajstić information content (AvgIpc) is 3.39. The number of nitrogens with zero attached hydrogens (tertiary/aromatic N) is 3. The van der Waals surface area contributed by atoms with Crippen LogP contribution in [0.3, 0.4) is 0 Å². The first kappa shape index (κ1) is 29.2. The van der Waals surface area contributed by atoms with E-state index in [0.717, 1.165) is 28.2 Å². The number of benzene rings is 1. The standard InChI is InChI=1S/C26H33N5O5S2/c1-8-31-23(17(7)36-18-10-9-14(4)11-15(18)5)29-30-26(31)37-12-19(32)28-24-20(25(34)35-13(2)3)16(6)21(38-24)22(27)33/h9-11,13,17H,8,12H2,1-7H3,(H2,27,33)(H,28,32). The van der Waals surface area contributed by atoms with Gasteiger partial charge in [-0.05, 0) is 65.7 Å². The Balaban J connectivity index is 1.73. The van der Waals surface area contributed by atoms with Gasteiger partial charge in [0, 0.05) is 6.54 Å². The molecule has 3 aromatic rings. The number of aryl methyl sites for hydroxylation is 2. The molecular formula is C26H33N5O5S2. The van der Waals surface area contributed by atoms with Crippen LogP contribution in [0.1, 0.15) is 76.3 Å². The summed E-state index contributed by atoms with van der Waals surface area (Å²) in [5.74, 6) is -0.257. The summed E-state index contributed by atoms with van der Waals surface area (Å²) in [6.07, 6.45) is -0.725. The largest absolute Gasteiger partial charge is 0.482 e. The number of thioether (sulfide) groups is 1. The Morgan fingerprint density at radius 3 is 2.47 bits per heavy atom. The van der Waals surface area contributed by atoms with Crippen molar-refractivity contribution < 1.29 is 23.9 Å². The molecule has 3 N–H and O–H groups in total. The number of thiophene rings is 1. The Morgan fingerprint density at radius 1 is 1.16 bits per heavy atom. The molecule has 0 aliphatic heterocycles. The van der Waals surface area contributed by atoms with Gasteiger partial charge in [0.05, 0.1) is 22.3 Å². The first-order valence-electron chi connectivity index (χ1n) is 12.2. The molecule has 3 rings (SSSR count). The average molecular weight is 560 g/mol. The highest BCUT2D eigenvalue weighted by Gasteiger charge is 2.27. The number of amides is 2. The molecule has 0 radical (unpaired) electrons. The number of primary amides is 1. The Hall–Kier alpha value is -3.38. The summed E-state index contributed by atoms with van der Waals surface area (Å²) < 4.78 is 13.3. The number of nitrogens with one attached hydrogen (secondary N) is 1. The van der Waals surface area contributed by atoms with Crippen molar-refractivity contribution in [2.45, 2.75) is 72.4 Å². The van der Waals surface area contributed by atoms with Gasteiger partial charge < -0.3 is 25.1 Å². The predicted octanol–water partition coefficient (Wildman–Crippen LogP) is 4.82. The van der Waals surface area contributed by atoms with Crippen LogP contribution in [0.15, 0.2) is 23.4 Å². The smallest absolute Gasteiger partial charge is 0.341 e. The molecular weight excluding hydrogens is 526 g/mol. The molecule has 204 valence electrons. The second-order valence-electron chi connectivity index (χ2n) is 9.03. The number of anilines is 1. The zero-order chi connectivity index (χ0) is 28.1. The third-order valence-corrected chi connectivity index (χ3v) is 7.75. The van der Waals surface area contributed by atoms with Crippen LogP contribution in [-0.2, 0) is 16.1 Å². The van der Waals surface area contributed by atoms with E-state index >= 15 is 0 Å². The molecule has 1 atom stereocenters. The monoisotopic (exact) mass is 559 g/mol. The predicted molar refractivity (Wildman–Crippen MR) is 148 cm³/mol. The van der Waals surface area contributed by atoms with Crippen molar-refractivity contribution in [3.8, 4) is 5.75 Å². The highest BCUT2D eigenvalue weighted by molar-refractivity contribution is 7.99. The zero-order valence-electron chi connectivity index (χ0n) is 22.6. The van der Waals surface area contributed by atoms with Crippen molar-refractivity contribution in [1.82, 2.24) is 14.8 Å². The van der Waals surface area contributed by atoms with Crippen LogP contribution in [0.25, 0.3) is 0 Å². The van der Waals surface area contributed by atoms with Crippen LogP contribution >= 0.6 is 23.1 Å². The number of carbonyl (C=O) groups is 3. The minimum atomic E-state index is -0.679. The molecule has 0 saturated carbocycles. The van der Waals surface area contributed by atoms with Crippen molar-refractivity contribution in [3.05, 3.63) is 51.2 Å². The molecule has 0 fully saturated rings. The maximum Gasteiger partial charge on any atom is 0.341 e. The molecule has 0 aliphatic carbocycles. The lowest BCUT2D eigenvalue weighted by Crippen LogP contribution is -2.18. The number of rotatable bonds is 11. The van der Waals surface area contributed by atoms with E-state index in [1.807, 2.05) is 44.4 Å². The number of aromatic nitrogens is 3. The van der Waals surface area contributed by atoms with Crippen LogP contribution in [-0.4, -0.2) is 44.4 Å². The molecule has 0 saturated heterocycles. The first-order chi connectivity index (χ1) is 17.9. The van der Waals surface area contributed by atoms with Gasteiger partial charge in [0.25, 0.3) is 5.91 Å². The van der Waals surface area contributed by atoms with Gasteiger partial charge in [-0.1, -0.05) is 29.5 Å². The van der Waals surface area contributed by atoms with E-state index in [1.54, 1.807) is 20.8 Å². The van der Waals surface area contributed by atoms with Gasteiger partial charge in [-0.25, -0.2) is 4.79 Å². The van der Waals surface area contributed by atoms with Crippen molar-refractivity contribution in [2.24, 2.45) is 5.73 Å². The Labute approximate surface area is 230 Å². The highest BCUT2D eigenvalue weighted by atomic mass is 32.2. The number of nitrogens with two attached hydrogens (primary N) is 1. The molecule has 0 aliphatic rings. The fraction of sp³-hybridized carbons (Fsp3) is 0.423. The van der Waals surface area contributed by atoms with Crippen molar-refractivity contribution in [1.29, 1.82) is 0 Å². The summed E-state index contributed by atoms with van der Waals surface area (Å²) in [4.78, 5) is 37.5. The lowest BCUT2D eigenvalue weighted by Gasteiger charge is -2.17. The third kappa shape index (κ3) is 6.73. The summed E-state index contributed by atoms with van der Waals surface area (Å²) in [6.45, 7) is 13.5. The van der Waals surface area contributed by atoms with Crippen molar-refractivity contribution in [2.75, 3.05) is 11.1 Å². The zero-order valence-corrected chi connectivity index (χ0v) is 24.2. The Bertz CT molecular complexity index is 1350. The van der Waals surface area contributed by atoms with E-state index in [4.69, 9.17) is 15.2 Å². The Morgan fingerprint density at radius 2 is 1.87 bits per heavy atom. The molecule has 1 unspecified atom stereocenters. The Kier molecular flexibility index (Phi) is 9.55. The number of ether oxygens (including phenoxy) is 2. The molecule has 2 heterocycles. The van der Waals surface area contributed by atoms with Crippen molar-refractivity contribution >= 4 is 45.9 Å². The second-order valence-corrected chi connectivity index (χ2v) is 11.0. The third-order valence-electron chi connectivity index (χ3n) is 5.56. The lowest BCUT2D eigenvalue weighted by molar-refractivity contribution is -0.113. The fourth-order valence-electron chi connectivity index (χ4n) is 3.83. The number of hydrogen-bond acceptors (Lipinski definition) is 9. The van der Waals surface area contributed by atoms with E-state index in [-0.39, 0.29) is 39.3 Å². The van der Waals surface area contributed by atoms with E-state index in [0.29, 0.717) is 23.1 Å². The molecule has 0 bridgehead atoms. The first-order valence-corrected chi connectivity index (χ1v) is 14.0. The number of hydrogen-bond donors (Lipinski definition) is 2. The molecule has 38 heavy (non-hydrogen) atoms. The van der Waals surface area contributed by atoms with Gasteiger partial charge in [-0.15, -0.1) is 21.5 Å². The molecule has 10 nitrogen and oxygen atoms in total. The topological polar surface area (TPSA) is 138 Å². The van der Waals surface area contributed by atoms with Gasteiger partial charge in [0.15, 0.2) is 17.1 Å². The lowest BCUT2D eigenvalue weighted by atomic mass is 10.1. The van der Waals surface area contributed by atoms with Crippen LogP contribution in [0, 0.1) is 20.8 Å². The molecule has 12 heteroatoms. The van der Waals surface area contributed by atoms with E-state index in [1.165, 1.54) is 11.8 Å². The SMILES string of the molecule is CCn1c(SCC(=O)Nc2sc(C(N)=O)c(C)c2C(=O)OC(C)C)nnc1C(C)Oc1ccc(C)cc1C. The number of esters is 1. The summed E-state index contributed by atoms with van der Waals surface area (Å²) >= 11 is 2.16. The van der Waals surface area contributed by atoms with Crippen LogP contribution in [0.2, 0.25) is 0 Å². The fourth-order valence-corrected chi connectivity index (χ4v) is 5.70. The maximum absolute atomic E-state index is 12.8. The van der Waals surface area contributed by atoms with Crippen LogP contribution in [0.5, 0.6) is 5.75 Å². The minimum absolute atomic E-state index is 0.00591. The summed E-state index contributed by atoms with van der Waals surface area (Å²) in [5, 5.41) is 12.1. The maximum atomic E-state index is 12.8. The normalized spacial score (nSPS) is 11.9. The summed E-state index contributed by atoms with van der Waals surface area (Å²) in [5.41, 5.74) is 8.16. The van der Waals surface area contributed by atoms with E-state index < -0.39 is 11.9 Å². The van der Waals surface area contributed by atoms with Gasteiger partial charge in [0.2, 0.25) is 5.91 Å². The molecule has 2 aromatic heterocycles. The number of carbonyl (C=O) groups excluding carboxylic acids is 3. The molecule has 0 spiro atoms. The summed E-state index contributed by atoms with van der Waals surface area (Å²) in [7, 11) is 0. The van der Waals surface area contributed by atoms with Gasteiger partial charge in [-0.2, -0.15) is 0 Å². The van der Waals surface area contributed by atoms with Crippen molar-refractivity contribution in [3.63, 3.8) is 0 Å². The van der Waals surface area contributed by atoms with Gasteiger partial charge in [-0.3, -0.25) is 9.59 Å². The van der Waals surface area contributed by atoms with Gasteiger partial charge >= 0.3 is 5.97 Å². The highest BCUT2D eigenvalue weighted by Crippen LogP contribution is 2.34. The van der Waals surface area contributed by atoms with Gasteiger partial charge in [0.1, 0.15) is 10.8 Å². The van der Waals surface area contributed by atoms with E-state index in [9.17, 15) is 14.4 Å². The van der Waals surface area contributed by atoms with Crippen LogP contribution in [0.4, 0.5) is 5.00 Å². The van der Waals surface area contributed by atoms with E-state index in [2.05, 4.69) is 21.6 Å². The quantitative estimate of drug-likeness (QED) is 0.252. The minimum Gasteiger partial charge on any atom is -0.482 e. The van der Waals surface area contributed by atoms with Crippen LogP contribution < -0.4 is 15.8 Å². The molecule has 2 amide bonds. The second kappa shape index (κ2) is 12.4. The summed E-state index contributed by atoms with van der Waals surface area (Å²) in [6, 6.07) is 5.99.